The highest BCUT2D eigenvalue weighted by molar-refractivity contribution is 5.94. The summed E-state index contributed by atoms with van der Waals surface area (Å²) in [6, 6.07) is 10.6. The van der Waals surface area contributed by atoms with Gasteiger partial charge < -0.3 is 9.64 Å². The van der Waals surface area contributed by atoms with E-state index in [1.54, 1.807) is 0 Å². The summed E-state index contributed by atoms with van der Waals surface area (Å²) in [5, 5.41) is 7.38. The molecular formula is C22H28N4O2. The Morgan fingerprint density at radius 3 is 2.79 bits per heavy atom. The maximum Gasteiger partial charge on any atom is 0.274 e. The Kier molecular flexibility index (Phi) is 4.69. The molecule has 0 atom stereocenters. The number of aromatic nitrogens is 2. The van der Waals surface area contributed by atoms with Crippen molar-refractivity contribution in [2.75, 3.05) is 32.8 Å². The summed E-state index contributed by atoms with van der Waals surface area (Å²) in [6.07, 6.45) is 4.91. The first-order valence-corrected chi connectivity index (χ1v) is 10.5. The average molecular weight is 380 g/mol. The normalized spacial score (nSPS) is 21.8. The SMILES string of the molecule is O=C(c1n[nH]c2c1CCC2)N1CCC2(CC1)CN(Cc1ccccc1)CCO2. The zero-order valence-electron chi connectivity index (χ0n) is 16.3. The molecule has 3 aliphatic rings. The fraction of sp³-hybridized carbons (Fsp3) is 0.545. The Labute approximate surface area is 165 Å². The van der Waals surface area contributed by atoms with Gasteiger partial charge >= 0.3 is 0 Å². The molecule has 1 spiro atoms. The number of benzene rings is 1. The first-order chi connectivity index (χ1) is 13.7. The number of aryl methyl sites for hydroxylation is 1. The highest BCUT2D eigenvalue weighted by atomic mass is 16.5. The number of nitrogens with zero attached hydrogens (tertiary/aromatic N) is 3. The van der Waals surface area contributed by atoms with Gasteiger partial charge in [0.25, 0.3) is 5.91 Å². The quantitative estimate of drug-likeness (QED) is 0.888. The lowest BCUT2D eigenvalue weighted by Crippen LogP contribution is -2.57. The third-order valence-electron chi connectivity index (χ3n) is 6.55. The van der Waals surface area contributed by atoms with Gasteiger partial charge in [-0.1, -0.05) is 30.3 Å². The lowest BCUT2D eigenvalue weighted by atomic mass is 9.89. The predicted molar refractivity (Wildman–Crippen MR) is 106 cm³/mol. The maximum atomic E-state index is 13.0. The van der Waals surface area contributed by atoms with Gasteiger partial charge in [0.05, 0.1) is 12.2 Å². The minimum absolute atomic E-state index is 0.0891. The third-order valence-corrected chi connectivity index (χ3v) is 6.55. The van der Waals surface area contributed by atoms with E-state index in [2.05, 4.69) is 45.4 Å². The second-order valence-electron chi connectivity index (χ2n) is 8.40. The lowest BCUT2D eigenvalue weighted by Gasteiger charge is -2.47. The summed E-state index contributed by atoms with van der Waals surface area (Å²) < 4.78 is 6.27. The average Bonchev–Trinajstić information content (AvgIpc) is 3.33. The van der Waals surface area contributed by atoms with Crippen molar-refractivity contribution in [1.29, 1.82) is 0 Å². The Morgan fingerprint density at radius 1 is 1.14 bits per heavy atom. The van der Waals surface area contributed by atoms with Gasteiger partial charge in [0, 0.05) is 44.0 Å². The maximum absolute atomic E-state index is 13.0. The molecule has 0 unspecified atom stereocenters. The fourth-order valence-corrected chi connectivity index (χ4v) is 4.97. The molecule has 1 aromatic heterocycles. The van der Waals surface area contributed by atoms with E-state index in [-0.39, 0.29) is 11.5 Å². The summed E-state index contributed by atoms with van der Waals surface area (Å²) in [6.45, 7) is 5.15. The van der Waals surface area contributed by atoms with Crippen LogP contribution in [0.3, 0.4) is 0 Å². The molecule has 0 radical (unpaired) electrons. The summed E-state index contributed by atoms with van der Waals surface area (Å²) in [4.78, 5) is 17.5. The molecule has 1 aromatic carbocycles. The van der Waals surface area contributed by atoms with E-state index in [9.17, 15) is 4.79 Å². The zero-order valence-corrected chi connectivity index (χ0v) is 16.3. The standard InChI is InChI=1S/C22H28N4O2/c27-21(20-18-7-4-8-19(18)23-24-20)26-11-9-22(10-12-26)16-25(13-14-28-22)15-17-5-2-1-3-6-17/h1-3,5-6H,4,7-16H2,(H,23,24). The molecule has 148 valence electrons. The monoisotopic (exact) mass is 380 g/mol. The molecule has 2 aliphatic heterocycles. The van der Waals surface area contributed by atoms with Gasteiger partial charge in [0.2, 0.25) is 0 Å². The Hall–Kier alpha value is -2.18. The number of fused-ring (bicyclic) bond motifs is 1. The van der Waals surface area contributed by atoms with Crippen molar-refractivity contribution in [2.24, 2.45) is 0 Å². The molecule has 2 saturated heterocycles. The van der Waals surface area contributed by atoms with Crippen LogP contribution < -0.4 is 0 Å². The van der Waals surface area contributed by atoms with Crippen LogP contribution >= 0.6 is 0 Å². The van der Waals surface area contributed by atoms with Crippen molar-refractivity contribution >= 4 is 5.91 Å². The molecule has 6 nitrogen and oxygen atoms in total. The second kappa shape index (κ2) is 7.33. The molecule has 3 heterocycles. The number of rotatable bonds is 3. The van der Waals surface area contributed by atoms with Crippen LogP contribution in [0.5, 0.6) is 0 Å². The molecule has 1 amide bonds. The highest BCUT2D eigenvalue weighted by Gasteiger charge is 2.41. The first kappa shape index (κ1) is 17.9. The smallest absolute Gasteiger partial charge is 0.274 e. The van der Waals surface area contributed by atoms with Crippen LogP contribution in [-0.2, 0) is 24.1 Å². The van der Waals surface area contributed by atoms with Crippen LogP contribution in [0.15, 0.2) is 30.3 Å². The number of carbonyl (C=O) groups excluding carboxylic acids is 1. The Balaban J connectivity index is 1.21. The van der Waals surface area contributed by atoms with Crippen molar-refractivity contribution in [1.82, 2.24) is 20.0 Å². The van der Waals surface area contributed by atoms with Crippen molar-refractivity contribution in [3.8, 4) is 0 Å². The van der Waals surface area contributed by atoms with Crippen molar-refractivity contribution in [2.45, 2.75) is 44.2 Å². The number of morpholine rings is 1. The van der Waals surface area contributed by atoms with E-state index >= 15 is 0 Å². The van der Waals surface area contributed by atoms with Gasteiger partial charge in [-0.15, -0.1) is 0 Å². The molecule has 28 heavy (non-hydrogen) atoms. The molecule has 5 rings (SSSR count). The minimum Gasteiger partial charge on any atom is -0.372 e. The largest absolute Gasteiger partial charge is 0.372 e. The fourth-order valence-electron chi connectivity index (χ4n) is 4.97. The van der Waals surface area contributed by atoms with Crippen molar-refractivity contribution < 1.29 is 9.53 Å². The van der Waals surface area contributed by atoms with E-state index in [0.717, 1.165) is 82.7 Å². The Morgan fingerprint density at radius 2 is 1.96 bits per heavy atom. The van der Waals surface area contributed by atoms with Gasteiger partial charge in [0.15, 0.2) is 5.69 Å². The van der Waals surface area contributed by atoms with Crippen LogP contribution in [0.25, 0.3) is 0 Å². The van der Waals surface area contributed by atoms with Gasteiger partial charge in [-0.2, -0.15) is 5.10 Å². The molecule has 1 N–H and O–H groups in total. The highest BCUT2D eigenvalue weighted by Crippen LogP contribution is 2.32. The van der Waals surface area contributed by atoms with Crippen LogP contribution in [0.1, 0.15) is 46.6 Å². The zero-order chi connectivity index (χ0) is 19.0. The Bertz CT molecular complexity index is 839. The van der Waals surface area contributed by atoms with E-state index < -0.39 is 0 Å². The molecule has 1 aliphatic carbocycles. The lowest BCUT2D eigenvalue weighted by molar-refractivity contribution is -0.134. The van der Waals surface area contributed by atoms with Crippen molar-refractivity contribution in [3.63, 3.8) is 0 Å². The topological polar surface area (TPSA) is 61.5 Å². The summed E-state index contributed by atoms with van der Waals surface area (Å²) in [7, 11) is 0. The first-order valence-electron chi connectivity index (χ1n) is 10.5. The predicted octanol–water partition coefficient (Wildman–Crippen LogP) is 2.41. The number of carbonyl (C=O) groups is 1. The number of hydrogen-bond donors (Lipinski definition) is 1. The number of piperidine rings is 1. The van der Waals surface area contributed by atoms with Gasteiger partial charge in [-0.05, 0) is 37.7 Å². The summed E-state index contributed by atoms with van der Waals surface area (Å²) >= 11 is 0. The summed E-state index contributed by atoms with van der Waals surface area (Å²) in [5.41, 5.74) is 4.19. The number of amides is 1. The molecular weight excluding hydrogens is 352 g/mol. The number of aromatic amines is 1. The number of H-pyrrole nitrogens is 1. The minimum atomic E-state index is -0.114. The second-order valence-corrected chi connectivity index (χ2v) is 8.40. The number of likely N-dealkylation sites (tertiary alicyclic amines) is 1. The number of hydrogen-bond acceptors (Lipinski definition) is 4. The van der Waals surface area contributed by atoms with E-state index in [1.165, 1.54) is 5.56 Å². The summed E-state index contributed by atoms with van der Waals surface area (Å²) in [5.74, 6) is 0.0891. The van der Waals surface area contributed by atoms with E-state index in [4.69, 9.17) is 4.74 Å². The number of ether oxygens (including phenoxy) is 1. The molecule has 0 bridgehead atoms. The molecule has 0 saturated carbocycles. The number of nitrogens with one attached hydrogen (secondary N) is 1. The van der Waals surface area contributed by atoms with E-state index in [0.29, 0.717) is 5.69 Å². The molecule has 6 heteroatoms. The third kappa shape index (κ3) is 3.35. The van der Waals surface area contributed by atoms with Gasteiger partial charge in [0.1, 0.15) is 0 Å². The van der Waals surface area contributed by atoms with Crippen LogP contribution in [0, 0.1) is 0 Å². The van der Waals surface area contributed by atoms with E-state index in [1.807, 2.05) is 4.90 Å². The van der Waals surface area contributed by atoms with Gasteiger partial charge in [-0.25, -0.2) is 0 Å². The molecule has 2 aromatic rings. The van der Waals surface area contributed by atoms with Crippen LogP contribution in [0.2, 0.25) is 0 Å². The van der Waals surface area contributed by atoms with Gasteiger partial charge in [-0.3, -0.25) is 14.8 Å². The molecule has 2 fully saturated rings. The van der Waals surface area contributed by atoms with Crippen LogP contribution in [0.4, 0.5) is 0 Å². The van der Waals surface area contributed by atoms with Crippen molar-refractivity contribution in [3.05, 3.63) is 52.8 Å². The van der Waals surface area contributed by atoms with Crippen LogP contribution in [-0.4, -0.2) is 64.3 Å².